The van der Waals surface area contributed by atoms with Gasteiger partial charge in [-0.3, -0.25) is 4.90 Å². The number of hydrogen-bond acceptors (Lipinski definition) is 3. The molecule has 3 rings (SSSR count). The molecule has 0 amide bonds. The Balaban J connectivity index is 1.93. The summed E-state index contributed by atoms with van der Waals surface area (Å²) in [6.45, 7) is 0.772. The molecule has 2 aromatic heterocycles. The number of aromatic nitrogens is 1. The first-order valence-corrected chi connectivity index (χ1v) is 6.70. The van der Waals surface area contributed by atoms with Crippen molar-refractivity contribution in [2.75, 3.05) is 13.2 Å². The molecule has 0 saturated carbocycles. The maximum Gasteiger partial charge on any atom is 0.114 e. The second-order valence-corrected chi connectivity index (χ2v) is 5.23. The smallest absolute Gasteiger partial charge is 0.114 e. The molecule has 0 aliphatic carbocycles. The minimum absolute atomic E-state index is 0.0460. The molecule has 0 radical (unpaired) electrons. The molecule has 2 atom stereocenters. The molecule has 0 bridgehead atoms. The van der Waals surface area contributed by atoms with Gasteiger partial charge in [-0.2, -0.15) is 5.26 Å². The number of likely N-dealkylation sites (tertiary alicyclic amines) is 1. The molecule has 104 valence electrons. The fraction of sp³-hybridized carbons (Fsp3) is 0.400. The average molecular weight is 273 g/mol. The number of alkyl halides is 1. The van der Waals surface area contributed by atoms with Gasteiger partial charge in [0.25, 0.3) is 0 Å². The number of aliphatic hydroxyl groups is 1. The zero-order valence-corrected chi connectivity index (χ0v) is 11.0. The van der Waals surface area contributed by atoms with Crippen molar-refractivity contribution in [3.05, 3.63) is 41.7 Å². The highest BCUT2D eigenvalue weighted by molar-refractivity contribution is 5.65. The highest BCUT2D eigenvalue weighted by Gasteiger charge is 2.32. The van der Waals surface area contributed by atoms with Gasteiger partial charge < -0.3 is 9.51 Å². The van der Waals surface area contributed by atoms with E-state index in [2.05, 4.69) is 6.07 Å². The summed E-state index contributed by atoms with van der Waals surface area (Å²) in [6.07, 6.45) is 3.28. The van der Waals surface area contributed by atoms with Gasteiger partial charge in [0.2, 0.25) is 0 Å². The topological polar surface area (TPSA) is 51.7 Å². The Morgan fingerprint density at radius 1 is 1.45 bits per heavy atom. The van der Waals surface area contributed by atoms with Crippen molar-refractivity contribution in [1.29, 1.82) is 5.26 Å². The molecule has 1 aliphatic rings. The maximum absolute atomic E-state index is 13.5. The van der Waals surface area contributed by atoms with E-state index in [1.807, 2.05) is 39.9 Å². The van der Waals surface area contributed by atoms with Crippen molar-refractivity contribution in [3.63, 3.8) is 0 Å². The number of nitrogens with zero attached hydrogens (tertiary/aromatic N) is 3. The van der Waals surface area contributed by atoms with E-state index < -0.39 is 6.17 Å². The van der Waals surface area contributed by atoms with Crippen molar-refractivity contribution in [2.45, 2.75) is 25.2 Å². The molecular formula is C15H16FN3O. The summed E-state index contributed by atoms with van der Waals surface area (Å²) in [7, 11) is 0. The third-order valence-electron chi connectivity index (χ3n) is 3.94. The summed E-state index contributed by atoms with van der Waals surface area (Å²) in [6, 6.07) is 7.77. The van der Waals surface area contributed by atoms with E-state index in [4.69, 9.17) is 0 Å². The summed E-state index contributed by atoms with van der Waals surface area (Å²) < 4.78 is 15.4. The SMILES string of the molecule is N#Cc1c(CN2C[C@@H](F)C[C@H]2CO)cn2ccccc12. The van der Waals surface area contributed by atoms with Crippen LogP contribution in [0.4, 0.5) is 4.39 Å². The third kappa shape index (κ3) is 2.17. The third-order valence-corrected chi connectivity index (χ3v) is 3.94. The Morgan fingerprint density at radius 2 is 2.30 bits per heavy atom. The van der Waals surface area contributed by atoms with E-state index in [1.54, 1.807) is 0 Å². The van der Waals surface area contributed by atoms with Gasteiger partial charge in [-0.15, -0.1) is 0 Å². The van der Waals surface area contributed by atoms with Crippen LogP contribution in [0.1, 0.15) is 17.5 Å². The molecule has 20 heavy (non-hydrogen) atoms. The first-order valence-electron chi connectivity index (χ1n) is 6.70. The molecule has 0 spiro atoms. The van der Waals surface area contributed by atoms with Gasteiger partial charge in [-0.1, -0.05) is 6.07 Å². The van der Waals surface area contributed by atoms with Gasteiger partial charge in [0.15, 0.2) is 0 Å². The van der Waals surface area contributed by atoms with Gasteiger partial charge in [0, 0.05) is 37.1 Å². The number of nitriles is 1. The molecule has 1 fully saturated rings. The van der Waals surface area contributed by atoms with Crippen LogP contribution in [0.5, 0.6) is 0 Å². The zero-order chi connectivity index (χ0) is 14.1. The van der Waals surface area contributed by atoms with E-state index in [-0.39, 0.29) is 12.6 Å². The van der Waals surface area contributed by atoms with Crippen molar-refractivity contribution >= 4 is 5.52 Å². The molecular weight excluding hydrogens is 257 g/mol. The van der Waals surface area contributed by atoms with Gasteiger partial charge in [-0.05, 0) is 18.6 Å². The van der Waals surface area contributed by atoms with Crippen LogP contribution in [-0.4, -0.2) is 39.8 Å². The summed E-state index contributed by atoms with van der Waals surface area (Å²) >= 11 is 0. The Hall–Kier alpha value is -1.90. The standard InChI is InChI=1S/C15H16FN3O/c16-12-5-13(10-20)19(9-12)8-11-7-18-4-2-1-3-15(18)14(11)6-17/h1-4,7,12-13,20H,5,8-10H2/t12-,13-/m0/s1. The van der Waals surface area contributed by atoms with Gasteiger partial charge in [-0.25, -0.2) is 4.39 Å². The molecule has 1 saturated heterocycles. The molecule has 2 aromatic rings. The number of aliphatic hydroxyl groups excluding tert-OH is 1. The summed E-state index contributed by atoms with van der Waals surface area (Å²) in [5.41, 5.74) is 2.37. The highest BCUT2D eigenvalue weighted by Crippen LogP contribution is 2.25. The van der Waals surface area contributed by atoms with Crippen LogP contribution in [-0.2, 0) is 6.54 Å². The lowest BCUT2D eigenvalue weighted by molar-refractivity contribution is 0.153. The lowest BCUT2D eigenvalue weighted by Crippen LogP contribution is -2.31. The van der Waals surface area contributed by atoms with Gasteiger partial charge in [0.05, 0.1) is 17.7 Å². The van der Waals surface area contributed by atoms with E-state index in [0.717, 1.165) is 11.1 Å². The van der Waals surface area contributed by atoms with Crippen LogP contribution in [0, 0.1) is 11.3 Å². The van der Waals surface area contributed by atoms with Crippen molar-refractivity contribution < 1.29 is 9.50 Å². The second kappa shape index (κ2) is 5.23. The first-order chi connectivity index (χ1) is 9.72. The average Bonchev–Trinajstić information content (AvgIpc) is 2.98. The number of hydrogen-bond donors (Lipinski definition) is 1. The van der Waals surface area contributed by atoms with Gasteiger partial charge in [0.1, 0.15) is 12.2 Å². The molecule has 3 heterocycles. The predicted octanol–water partition coefficient (Wildman–Crippen LogP) is 1.72. The fourth-order valence-corrected chi connectivity index (χ4v) is 2.95. The van der Waals surface area contributed by atoms with Crippen LogP contribution < -0.4 is 0 Å². The number of fused-ring (bicyclic) bond motifs is 1. The lowest BCUT2D eigenvalue weighted by atomic mass is 10.1. The molecule has 0 unspecified atom stereocenters. The van der Waals surface area contributed by atoms with Crippen LogP contribution in [0.25, 0.3) is 5.52 Å². The van der Waals surface area contributed by atoms with E-state index in [9.17, 15) is 14.8 Å². The fourth-order valence-electron chi connectivity index (χ4n) is 2.95. The number of rotatable bonds is 3. The summed E-state index contributed by atoms with van der Waals surface area (Å²) in [5.74, 6) is 0. The van der Waals surface area contributed by atoms with Crippen molar-refractivity contribution in [1.82, 2.24) is 9.30 Å². The summed E-state index contributed by atoms with van der Waals surface area (Å²) in [4.78, 5) is 1.92. The minimum atomic E-state index is -0.894. The molecule has 0 aromatic carbocycles. The van der Waals surface area contributed by atoms with Crippen LogP contribution in [0.2, 0.25) is 0 Å². The van der Waals surface area contributed by atoms with Crippen LogP contribution >= 0.6 is 0 Å². The molecule has 1 N–H and O–H groups in total. The zero-order valence-electron chi connectivity index (χ0n) is 11.0. The molecule has 1 aliphatic heterocycles. The Bertz CT molecular complexity index is 661. The first kappa shape index (κ1) is 13.1. The lowest BCUT2D eigenvalue weighted by Gasteiger charge is -2.21. The normalized spacial score (nSPS) is 23.2. The Kier molecular flexibility index (Phi) is 3.43. The summed E-state index contributed by atoms with van der Waals surface area (Å²) in [5, 5.41) is 18.7. The highest BCUT2D eigenvalue weighted by atomic mass is 19.1. The largest absolute Gasteiger partial charge is 0.395 e. The van der Waals surface area contributed by atoms with E-state index in [0.29, 0.717) is 25.1 Å². The Labute approximate surface area is 116 Å². The van der Waals surface area contributed by atoms with Crippen molar-refractivity contribution in [2.24, 2.45) is 0 Å². The quantitative estimate of drug-likeness (QED) is 0.926. The van der Waals surface area contributed by atoms with Crippen LogP contribution in [0.15, 0.2) is 30.6 Å². The van der Waals surface area contributed by atoms with Crippen LogP contribution in [0.3, 0.4) is 0 Å². The number of halogens is 1. The maximum atomic E-state index is 13.5. The van der Waals surface area contributed by atoms with Crippen molar-refractivity contribution in [3.8, 4) is 6.07 Å². The number of pyridine rings is 1. The van der Waals surface area contributed by atoms with Gasteiger partial charge >= 0.3 is 0 Å². The molecule has 4 nitrogen and oxygen atoms in total. The minimum Gasteiger partial charge on any atom is -0.395 e. The predicted molar refractivity (Wildman–Crippen MR) is 72.9 cm³/mol. The Morgan fingerprint density at radius 3 is 3.05 bits per heavy atom. The molecule has 5 heteroatoms. The van der Waals surface area contributed by atoms with E-state index >= 15 is 0 Å². The second-order valence-electron chi connectivity index (χ2n) is 5.23. The monoisotopic (exact) mass is 273 g/mol. The van der Waals surface area contributed by atoms with E-state index in [1.165, 1.54) is 0 Å².